The quantitative estimate of drug-likeness (QED) is 0.876. The molecule has 3 rings (SSSR count). The van der Waals surface area contributed by atoms with Crippen molar-refractivity contribution in [1.82, 2.24) is 4.31 Å². The number of methoxy groups -OCH3 is 1. The van der Waals surface area contributed by atoms with Crippen molar-refractivity contribution in [2.45, 2.75) is 11.4 Å². The van der Waals surface area contributed by atoms with Gasteiger partial charge in [-0.3, -0.25) is 4.31 Å². The number of hydrogen-bond acceptors (Lipinski definition) is 3. The van der Waals surface area contributed by atoms with Crippen molar-refractivity contribution in [1.29, 1.82) is 0 Å². The second-order valence-electron chi connectivity index (χ2n) is 4.75. The van der Waals surface area contributed by atoms with Gasteiger partial charge in [-0.1, -0.05) is 30.3 Å². The van der Waals surface area contributed by atoms with E-state index in [0.717, 1.165) is 16.9 Å². The van der Waals surface area contributed by atoms with Gasteiger partial charge in [-0.15, -0.1) is 0 Å². The zero-order valence-electron chi connectivity index (χ0n) is 11.6. The summed E-state index contributed by atoms with van der Waals surface area (Å²) in [5.41, 5.74) is 1.72. The highest BCUT2D eigenvalue weighted by Gasteiger charge is 2.31. The summed E-state index contributed by atoms with van der Waals surface area (Å²) >= 11 is 0. The smallest absolute Gasteiger partial charge is 0.264 e. The molecule has 108 valence electrons. The lowest BCUT2D eigenvalue weighted by Gasteiger charge is -2.11. The van der Waals surface area contributed by atoms with Gasteiger partial charge >= 0.3 is 0 Å². The van der Waals surface area contributed by atoms with Gasteiger partial charge in [0.25, 0.3) is 10.0 Å². The topological polar surface area (TPSA) is 46.6 Å². The van der Waals surface area contributed by atoms with E-state index in [0.29, 0.717) is 11.4 Å². The van der Waals surface area contributed by atoms with Crippen molar-refractivity contribution in [3.05, 3.63) is 65.9 Å². The normalized spacial score (nSPS) is 16.1. The van der Waals surface area contributed by atoms with E-state index in [2.05, 4.69) is 0 Å². The fourth-order valence-corrected chi connectivity index (χ4v) is 3.81. The van der Waals surface area contributed by atoms with Crippen molar-refractivity contribution in [3.8, 4) is 5.75 Å². The van der Waals surface area contributed by atoms with E-state index in [-0.39, 0.29) is 0 Å². The Balaban J connectivity index is 1.88. The van der Waals surface area contributed by atoms with Crippen LogP contribution in [0.5, 0.6) is 5.75 Å². The molecule has 0 atom stereocenters. The first-order chi connectivity index (χ1) is 10.1. The van der Waals surface area contributed by atoms with Gasteiger partial charge in [0.05, 0.1) is 18.6 Å². The average Bonchev–Trinajstić information content (AvgIpc) is 2.77. The maximum absolute atomic E-state index is 12.4. The average molecular weight is 301 g/mol. The molecule has 0 radical (unpaired) electrons. The molecule has 0 aromatic heterocycles. The highest BCUT2D eigenvalue weighted by atomic mass is 32.2. The third kappa shape index (κ3) is 2.52. The maximum atomic E-state index is 12.4. The maximum Gasteiger partial charge on any atom is 0.264 e. The molecule has 0 saturated carbocycles. The zero-order valence-corrected chi connectivity index (χ0v) is 12.4. The molecule has 5 heteroatoms. The number of fused-ring (bicyclic) bond motifs is 1. The van der Waals surface area contributed by atoms with Crippen LogP contribution in [-0.4, -0.2) is 19.8 Å². The fourth-order valence-electron chi connectivity index (χ4n) is 2.31. The standard InChI is InChI=1S/C16H15NO3S/c1-20-15-7-4-5-13(11-15)9-10-17-12-14-6-2-3-8-16(14)21(17,18)19/h2-11H,12H2,1H3. The summed E-state index contributed by atoms with van der Waals surface area (Å²) in [6.07, 6.45) is 3.37. The molecule has 21 heavy (non-hydrogen) atoms. The molecular weight excluding hydrogens is 286 g/mol. The van der Waals surface area contributed by atoms with E-state index in [9.17, 15) is 8.42 Å². The van der Waals surface area contributed by atoms with E-state index in [1.54, 1.807) is 31.5 Å². The highest BCUT2D eigenvalue weighted by molar-refractivity contribution is 7.89. The Hall–Kier alpha value is -2.27. The number of benzene rings is 2. The molecule has 0 spiro atoms. The van der Waals surface area contributed by atoms with Crippen molar-refractivity contribution >= 4 is 16.1 Å². The van der Waals surface area contributed by atoms with Crippen LogP contribution in [0, 0.1) is 0 Å². The van der Waals surface area contributed by atoms with Crippen LogP contribution < -0.4 is 4.74 Å². The van der Waals surface area contributed by atoms with Crippen LogP contribution in [-0.2, 0) is 16.6 Å². The van der Waals surface area contributed by atoms with Crippen molar-refractivity contribution < 1.29 is 13.2 Å². The van der Waals surface area contributed by atoms with Gasteiger partial charge in [-0.05, 0) is 35.4 Å². The van der Waals surface area contributed by atoms with Crippen molar-refractivity contribution in [2.24, 2.45) is 0 Å². The number of sulfonamides is 1. The lowest BCUT2D eigenvalue weighted by atomic mass is 10.2. The van der Waals surface area contributed by atoms with Gasteiger partial charge in [0.15, 0.2) is 0 Å². The summed E-state index contributed by atoms with van der Waals surface area (Å²) in [6.45, 7) is 0.374. The molecule has 1 aliphatic heterocycles. The molecule has 4 nitrogen and oxygen atoms in total. The van der Waals surface area contributed by atoms with E-state index in [1.807, 2.05) is 36.4 Å². The molecule has 0 amide bonds. The summed E-state index contributed by atoms with van der Waals surface area (Å²) in [5.74, 6) is 0.740. The Labute approximate surface area is 124 Å². The predicted octanol–water partition coefficient (Wildman–Crippen LogP) is 2.87. The van der Waals surface area contributed by atoms with Crippen LogP contribution >= 0.6 is 0 Å². The second-order valence-corrected chi connectivity index (χ2v) is 6.61. The number of hydrogen-bond donors (Lipinski definition) is 0. The number of rotatable bonds is 3. The highest BCUT2D eigenvalue weighted by Crippen LogP contribution is 2.30. The molecule has 0 fully saturated rings. The van der Waals surface area contributed by atoms with Gasteiger partial charge in [0.1, 0.15) is 5.75 Å². The molecule has 2 aromatic carbocycles. The lowest BCUT2D eigenvalue weighted by Crippen LogP contribution is -2.17. The van der Waals surface area contributed by atoms with Crippen LogP contribution in [0.3, 0.4) is 0 Å². The molecule has 0 unspecified atom stereocenters. The molecule has 1 aliphatic rings. The van der Waals surface area contributed by atoms with Crippen LogP contribution in [0.1, 0.15) is 11.1 Å². The SMILES string of the molecule is COc1cccc(C=CN2Cc3ccccc3S2(=O)=O)c1. The number of ether oxygens (including phenoxy) is 1. The minimum atomic E-state index is -3.42. The Bertz CT molecular complexity index is 797. The van der Waals surface area contributed by atoms with Crippen molar-refractivity contribution in [2.75, 3.05) is 7.11 Å². The van der Waals surface area contributed by atoms with Gasteiger partial charge in [0, 0.05) is 6.20 Å². The monoisotopic (exact) mass is 301 g/mol. The summed E-state index contributed by atoms with van der Waals surface area (Å²) in [5, 5.41) is 0. The van der Waals surface area contributed by atoms with Gasteiger partial charge in [-0.2, -0.15) is 0 Å². The van der Waals surface area contributed by atoms with Gasteiger partial charge < -0.3 is 4.74 Å². The Morgan fingerprint density at radius 1 is 1.14 bits per heavy atom. The summed E-state index contributed by atoms with van der Waals surface area (Å²) in [7, 11) is -1.82. The van der Waals surface area contributed by atoms with Gasteiger partial charge in [0.2, 0.25) is 0 Å². The zero-order chi connectivity index (χ0) is 14.9. The molecule has 0 N–H and O–H groups in total. The largest absolute Gasteiger partial charge is 0.497 e. The van der Waals surface area contributed by atoms with E-state index in [1.165, 1.54) is 4.31 Å². The Kier molecular flexibility index (Phi) is 3.43. The third-order valence-corrected chi connectivity index (χ3v) is 5.23. The lowest BCUT2D eigenvalue weighted by molar-refractivity contribution is 0.414. The van der Waals surface area contributed by atoms with Crippen LogP contribution in [0.25, 0.3) is 6.08 Å². The van der Waals surface area contributed by atoms with E-state index < -0.39 is 10.0 Å². The summed E-state index contributed by atoms with van der Waals surface area (Å²) in [6, 6.07) is 14.5. The van der Waals surface area contributed by atoms with E-state index in [4.69, 9.17) is 4.74 Å². The third-order valence-electron chi connectivity index (χ3n) is 3.41. The molecule has 0 saturated heterocycles. The first-order valence-corrected chi connectivity index (χ1v) is 7.97. The first kappa shape index (κ1) is 13.7. The molecule has 1 heterocycles. The van der Waals surface area contributed by atoms with Crippen LogP contribution in [0.2, 0.25) is 0 Å². The second kappa shape index (κ2) is 5.26. The molecule has 2 aromatic rings. The van der Waals surface area contributed by atoms with Crippen LogP contribution in [0.4, 0.5) is 0 Å². The molecular formula is C16H15NO3S. The van der Waals surface area contributed by atoms with Crippen molar-refractivity contribution in [3.63, 3.8) is 0 Å². The summed E-state index contributed by atoms with van der Waals surface area (Å²) in [4.78, 5) is 0.389. The van der Waals surface area contributed by atoms with E-state index >= 15 is 0 Å². The minimum Gasteiger partial charge on any atom is -0.497 e. The van der Waals surface area contributed by atoms with Gasteiger partial charge in [-0.25, -0.2) is 8.42 Å². The fraction of sp³-hybridized carbons (Fsp3) is 0.125. The summed E-state index contributed by atoms with van der Waals surface area (Å²) < 4.78 is 31.3. The Morgan fingerprint density at radius 3 is 2.71 bits per heavy atom. The predicted molar refractivity (Wildman–Crippen MR) is 81.2 cm³/mol. The molecule has 0 aliphatic carbocycles. The van der Waals surface area contributed by atoms with Crippen LogP contribution in [0.15, 0.2) is 59.6 Å². The number of nitrogens with zero attached hydrogens (tertiary/aromatic N) is 1. The first-order valence-electron chi connectivity index (χ1n) is 6.53. The Morgan fingerprint density at radius 2 is 1.95 bits per heavy atom. The minimum absolute atomic E-state index is 0.374. The molecule has 0 bridgehead atoms.